The van der Waals surface area contributed by atoms with Gasteiger partial charge in [-0.25, -0.2) is 14.8 Å². The number of hydrazone groups is 3. The number of para-hydroxylation sites is 4. The van der Waals surface area contributed by atoms with Gasteiger partial charge in [0.2, 0.25) is 17.4 Å². The van der Waals surface area contributed by atoms with Gasteiger partial charge in [0.1, 0.15) is 7.11 Å². The molecule has 426 valence electrons. The molecule has 8 rings (SSSR count). The Morgan fingerprint density at radius 2 is 1.06 bits per heavy atom. The van der Waals surface area contributed by atoms with Gasteiger partial charge in [0.05, 0.1) is 57.1 Å². The fourth-order valence-electron chi connectivity index (χ4n) is 8.00. The van der Waals surface area contributed by atoms with Crippen LogP contribution in [0.1, 0.15) is 87.9 Å². The molecule has 3 unspecified atom stereocenters. The summed E-state index contributed by atoms with van der Waals surface area (Å²) in [6, 6.07) is 36.6. The summed E-state index contributed by atoms with van der Waals surface area (Å²) in [6.07, 6.45) is 0. The van der Waals surface area contributed by atoms with Gasteiger partial charge < -0.3 is 4.84 Å². The van der Waals surface area contributed by atoms with E-state index < -0.39 is 34.7 Å². The molecule has 0 aliphatic carbocycles. The predicted molar refractivity (Wildman–Crippen MR) is 313 cm³/mol. The van der Waals surface area contributed by atoms with E-state index in [9.17, 15) is 39.2 Å². The van der Waals surface area contributed by atoms with Crippen LogP contribution in [0.2, 0.25) is 0 Å². The van der Waals surface area contributed by atoms with Crippen LogP contribution in [-0.4, -0.2) is 113 Å². The zero-order valence-corrected chi connectivity index (χ0v) is 54.3. The summed E-state index contributed by atoms with van der Waals surface area (Å²) < 4.78 is 1.50. The van der Waals surface area contributed by atoms with Crippen LogP contribution in [0.4, 0.5) is 17.1 Å². The van der Waals surface area contributed by atoms with E-state index in [1.54, 1.807) is 76.2 Å². The van der Waals surface area contributed by atoms with Crippen LogP contribution < -0.4 is 20.6 Å². The number of rotatable bonds is 10. The van der Waals surface area contributed by atoms with E-state index >= 15 is 0 Å². The topological polar surface area (TPSA) is 299 Å². The first-order valence-electron chi connectivity index (χ1n) is 23.9. The number of amides is 5. The summed E-state index contributed by atoms with van der Waals surface area (Å²) in [4.78, 5) is 81.6. The quantitative estimate of drug-likeness (QED) is 0.0384. The molecule has 5 amide bonds. The van der Waals surface area contributed by atoms with E-state index in [1.807, 2.05) is 100 Å². The number of aliphatic imine (C=N–C) groups is 1. The molecule has 81 heavy (non-hydrogen) atoms. The molecule has 5 aromatic rings. The van der Waals surface area contributed by atoms with Gasteiger partial charge in [-0.2, -0.15) is 30.4 Å². The Morgan fingerprint density at radius 3 is 1.44 bits per heavy atom. The summed E-state index contributed by atoms with van der Waals surface area (Å²) in [5.41, 5.74) is 3.21. The Balaban J connectivity index is 0.00000103. The number of aryl methyl sites for hydroxylation is 1. The van der Waals surface area contributed by atoms with Gasteiger partial charge in [-0.15, -0.1) is 0 Å². The molecule has 3 aliphatic heterocycles. The molecule has 4 heterocycles. The Hall–Kier alpha value is -6.28. The molecule has 4 aromatic carbocycles. The first-order valence-corrected chi connectivity index (χ1v) is 24.9. The molecule has 5 N–H and O–H groups in total. The second kappa shape index (κ2) is 34.9. The van der Waals surface area contributed by atoms with E-state index in [0.717, 1.165) is 22.8 Å². The van der Waals surface area contributed by atoms with Crippen molar-refractivity contribution in [1.29, 1.82) is 10.3 Å². The fraction of sp³-hybridized carbons (Fsp3) is 0.315. The number of benzene rings is 4. The first-order chi connectivity index (χ1) is 37.1. The van der Waals surface area contributed by atoms with E-state index in [0.29, 0.717) is 56.5 Å². The molecule has 1 aromatic heterocycles. The largest absolute Gasteiger partial charge is 0.399 e. The molecule has 0 spiro atoms. The summed E-state index contributed by atoms with van der Waals surface area (Å²) in [6.45, 7) is 18.2. The molecule has 3 aliphatic rings. The van der Waals surface area contributed by atoms with Crippen LogP contribution in [0.15, 0.2) is 152 Å². The molecule has 27 heteroatoms. The van der Waals surface area contributed by atoms with Crippen LogP contribution in [0.3, 0.4) is 0 Å². The second-order valence-electron chi connectivity index (χ2n) is 17.2. The fourth-order valence-corrected chi connectivity index (χ4v) is 8.00. The van der Waals surface area contributed by atoms with E-state index in [-0.39, 0.29) is 90.2 Å². The Kier molecular flexibility index (Phi) is 32.2. The summed E-state index contributed by atoms with van der Waals surface area (Å²) in [5, 5.41) is 55.5. The van der Waals surface area contributed by atoms with Crippen molar-refractivity contribution >= 4 is 93.2 Å². The van der Waals surface area contributed by atoms with Crippen molar-refractivity contribution in [2.24, 2.45) is 31.4 Å². The van der Waals surface area contributed by atoms with Gasteiger partial charge in [-0.3, -0.25) is 59.6 Å². The predicted octanol–water partition coefficient (Wildman–Crippen LogP) is 9.58. The van der Waals surface area contributed by atoms with Crippen LogP contribution >= 0.6 is 18.1 Å². The number of hydrogen-bond acceptors (Lipinski definition) is 16. The van der Waals surface area contributed by atoms with E-state index in [4.69, 9.17) is 15.2 Å². The van der Waals surface area contributed by atoms with Crippen molar-refractivity contribution < 1.29 is 105 Å². The minimum absolute atomic E-state index is 0. The van der Waals surface area contributed by atoms with Crippen LogP contribution in [0, 0.1) is 23.2 Å². The first kappa shape index (κ1) is 74.7. The molecule has 23 nitrogen and oxygen atoms in total. The van der Waals surface area contributed by atoms with Gasteiger partial charge in [0, 0.05) is 97.2 Å². The Bertz CT molecular complexity index is 3130. The Labute approximate surface area is 527 Å². The number of carbonyl (C=O) groups excluding carboxylic acids is 5. The third kappa shape index (κ3) is 16.9. The number of oxime groups is 1. The minimum atomic E-state index is -1.70. The number of carbonyl (C=O) groups is 5. The van der Waals surface area contributed by atoms with Gasteiger partial charge in [0.15, 0.2) is 5.54 Å². The zero-order valence-electron chi connectivity index (χ0n) is 46.7. The van der Waals surface area contributed by atoms with Crippen molar-refractivity contribution in [2.75, 3.05) is 28.7 Å². The van der Waals surface area contributed by atoms with Crippen molar-refractivity contribution in [3.63, 3.8) is 0 Å². The summed E-state index contributed by atoms with van der Waals surface area (Å²) in [5.74, 6) is -2.31. The molecule has 0 saturated carbocycles. The van der Waals surface area contributed by atoms with Crippen molar-refractivity contribution in [3.05, 3.63) is 143 Å². The smallest absolute Gasteiger partial charge is 0.287 e. The normalized spacial score (nSPS) is 17.7. The molecular weight excluding hydrogens is 1230 g/mol. The molecule has 3 atom stereocenters. The summed E-state index contributed by atoms with van der Waals surface area (Å²) in [7, 11) is 5.90. The minimum Gasteiger partial charge on any atom is -0.399 e. The SMILES string of the molecule is C.CC(=O)N(O)C1(C)C(=O)N(c2ccccc2)N=C1C.CC1=NN(c2ccccc2)C(=O)C1C.CCN=C(C)C1(N(O)C(C)=O)C(=O)N(c2ccccc2)N=C1C.CO/N=C(\C)c1c(C)[nH]n(-c2ccccc2)c1=O.N=P.N=P.[Y].[Y]. The van der Waals surface area contributed by atoms with Crippen molar-refractivity contribution in [1.82, 2.24) is 19.9 Å². The van der Waals surface area contributed by atoms with Gasteiger partial charge in [0.25, 0.3) is 23.3 Å². The number of hydroxylamine groups is 4. The monoisotopic (exact) mass is 1300 g/mol. The third-order valence-corrected chi connectivity index (χ3v) is 12.2. The number of aromatic nitrogens is 2. The Morgan fingerprint density at radius 1 is 0.667 bits per heavy atom. The van der Waals surface area contributed by atoms with Gasteiger partial charge in [-0.05, 0) is 129 Å². The maximum absolute atomic E-state index is 13.1. The van der Waals surface area contributed by atoms with Crippen molar-refractivity contribution in [2.45, 2.75) is 94.7 Å². The van der Waals surface area contributed by atoms with Gasteiger partial charge in [-0.1, -0.05) is 85.4 Å². The molecule has 2 radical (unpaired) electrons. The molecular formula is C54H70N14O9P2Y2. The number of anilines is 3. The van der Waals surface area contributed by atoms with Crippen molar-refractivity contribution in [3.8, 4) is 5.69 Å². The summed E-state index contributed by atoms with van der Waals surface area (Å²) >= 11 is 0. The number of nitrogens with zero attached hydrogens (tertiary/aromatic N) is 11. The average molecular weight is 1300 g/mol. The average Bonchev–Trinajstić information content (AvgIpc) is 4.09. The van der Waals surface area contributed by atoms with Crippen LogP contribution in [0.5, 0.6) is 0 Å². The zero-order chi connectivity index (χ0) is 58.7. The maximum atomic E-state index is 13.1. The number of nitrogens with one attached hydrogen (secondary N) is 3. The van der Waals surface area contributed by atoms with Crippen LogP contribution in [-0.2, 0) is 94.2 Å². The van der Waals surface area contributed by atoms with Crippen LogP contribution in [0.25, 0.3) is 5.69 Å². The number of hydrogen-bond donors (Lipinski definition) is 5. The van der Waals surface area contributed by atoms with Gasteiger partial charge >= 0.3 is 0 Å². The second-order valence-corrected chi connectivity index (χ2v) is 17.2. The standard InChI is InChI=1S/C16H20N4O3.C13H15N3O3.C13H15N3O2.C11H12N2O.CH4.2H2NP.2Y/c1-5-17-11(2)16(20(23)13(4)21)12(3)18-19(15(16)22)14-9-7-6-8-10-14;1-9-13(3,16(19)10(2)17)12(18)15(14-9)11-7-5-4-6-8-11;1-9-12(10(2)15-18-3)13(17)16(14-9)11-7-5-4-6-8-11;1-8-9(2)12-13(11(8)14)10-6-4-3-5-7-10;;2*1-2;;/h6-10,23H,5H2,1-4H3;4-8,19H,1-3H3;4-8,14H,1-3H3;3-8H,1-2H3;1H4;2*1-2H;;/b;;15-10+;;;;;;. The molecule has 0 saturated heterocycles. The number of H-pyrrole nitrogens is 1. The molecule has 0 fully saturated rings. The number of aromatic amines is 1. The third-order valence-electron chi connectivity index (χ3n) is 12.2. The molecule has 0 bridgehead atoms. The van der Waals surface area contributed by atoms with E-state index in [1.165, 1.54) is 47.6 Å². The maximum Gasteiger partial charge on any atom is 0.287 e. The van der Waals surface area contributed by atoms with E-state index in [2.05, 4.69) is 48.6 Å².